The van der Waals surface area contributed by atoms with Crippen molar-refractivity contribution in [2.75, 3.05) is 19.6 Å². The first kappa shape index (κ1) is 18.3. The SMILES string of the molecule is C[C@@H](C(=O)NCCc1ccc(F)cc1)[NH+]1CC=C(c2ccccc2)CC1. The van der Waals surface area contributed by atoms with Crippen molar-refractivity contribution in [3.05, 3.63) is 77.6 Å². The van der Waals surface area contributed by atoms with Crippen molar-refractivity contribution in [2.24, 2.45) is 0 Å². The van der Waals surface area contributed by atoms with E-state index in [1.165, 1.54) is 28.2 Å². The molecule has 4 heteroatoms. The van der Waals surface area contributed by atoms with E-state index in [0.29, 0.717) is 13.0 Å². The Kier molecular flexibility index (Phi) is 6.18. The largest absolute Gasteiger partial charge is 0.351 e. The average molecular weight is 353 g/mol. The van der Waals surface area contributed by atoms with Gasteiger partial charge in [-0.2, -0.15) is 0 Å². The van der Waals surface area contributed by atoms with Gasteiger partial charge in [0.1, 0.15) is 5.82 Å². The summed E-state index contributed by atoms with van der Waals surface area (Å²) in [6.07, 6.45) is 3.97. The Morgan fingerprint density at radius 2 is 1.88 bits per heavy atom. The Labute approximate surface area is 154 Å². The van der Waals surface area contributed by atoms with Crippen LogP contribution < -0.4 is 10.2 Å². The number of carbonyl (C=O) groups excluding carboxylic acids is 1. The fourth-order valence-electron chi connectivity index (χ4n) is 3.38. The van der Waals surface area contributed by atoms with Crippen LogP contribution in [0.4, 0.5) is 4.39 Å². The lowest BCUT2D eigenvalue weighted by Gasteiger charge is -2.28. The molecule has 0 fully saturated rings. The molecule has 1 amide bonds. The third-order valence-corrected chi connectivity index (χ3v) is 5.10. The normalized spacial score (nSPS) is 18.1. The van der Waals surface area contributed by atoms with E-state index in [-0.39, 0.29) is 17.8 Å². The fraction of sp³-hybridized carbons (Fsp3) is 0.318. The van der Waals surface area contributed by atoms with Crippen LogP contribution in [0, 0.1) is 5.82 Å². The minimum absolute atomic E-state index is 0.0724. The highest BCUT2D eigenvalue weighted by molar-refractivity contribution is 5.80. The maximum atomic E-state index is 12.9. The highest BCUT2D eigenvalue weighted by atomic mass is 19.1. The smallest absolute Gasteiger partial charge is 0.278 e. The van der Waals surface area contributed by atoms with Crippen LogP contribution in [0.5, 0.6) is 0 Å². The van der Waals surface area contributed by atoms with Crippen molar-refractivity contribution >= 4 is 11.5 Å². The first-order chi connectivity index (χ1) is 12.6. The molecule has 0 saturated carbocycles. The Hall–Kier alpha value is -2.46. The van der Waals surface area contributed by atoms with E-state index in [1.54, 1.807) is 12.1 Å². The third kappa shape index (κ3) is 4.79. The fourth-order valence-corrected chi connectivity index (χ4v) is 3.38. The van der Waals surface area contributed by atoms with Crippen molar-refractivity contribution in [3.8, 4) is 0 Å². The van der Waals surface area contributed by atoms with Gasteiger partial charge in [0.2, 0.25) is 0 Å². The van der Waals surface area contributed by atoms with Gasteiger partial charge in [0.15, 0.2) is 6.04 Å². The van der Waals surface area contributed by atoms with Crippen molar-refractivity contribution in [2.45, 2.75) is 25.8 Å². The summed E-state index contributed by atoms with van der Waals surface area (Å²) in [5.74, 6) is -0.151. The highest BCUT2D eigenvalue weighted by Gasteiger charge is 2.26. The number of halogens is 1. The summed E-state index contributed by atoms with van der Waals surface area (Å²) in [6, 6.07) is 16.8. The molecular weight excluding hydrogens is 327 g/mol. The molecule has 0 aromatic heterocycles. The molecule has 2 atom stereocenters. The maximum absolute atomic E-state index is 12.9. The molecule has 0 saturated heterocycles. The number of carbonyl (C=O) groups is 1. The van der Waals surface area contributed by atoms with Crippen molar-refractivity contribution in [1.82, 2.24) is 5.32 Å². The number of benzene rings is 2. The second-order valence-corrected chi connectivity index (χ2v) is 6.85. The van der Waals surface area contributed by atoms with Crippen LogP contribution in [0.3, 0.4) is 0 Å². The van der Waals surface area contributed by atoms with Crippen LogP contribution in [0.2, 0.25) is 0 Å². The second kappa shape index (κ2) is 8.77. The Bertz CT molecular complexity index is 755. The molecule has 136 valence electrons. The first-order valence-corrected chi connectivity index (χ1v) is 9.24. The maximum Gasteiger partial charge on any atom is 0.278 e. The molecule has 2 aromatic carbocycles. The number of quaternary nitrogens is 1. The summed E-state index contributed by atoms with van der Waals surface area (Å²) in [7, 11) is 0. The first-order valence-electron chi connectivity index (χ1n) is 9.24. The Morgan fingerprint density at radius 3 is 2.54 bits per heavy atom. The van der Waals surface area contributed by atoms with Gasteiger partial charge >= 0.3 is 0 Å². The molecule has 0 aliphatic carbocycles. The van der Waals surface area contributed by atoms with Crippen LogP contribution in [0.1, 0.15) is 24.5 Å². The van der Waals surface area contributed by atoms with E-state index in [2.05, 4.69) is 35.7 Å². The van der Waals surface area contributed by atoms with E-state index in [9.17, 15) is 9.18 Å². The summed E-state index contributed by atoms with van der Waals surface area (Å²) in [4.78, 5) is 13.7. The number of amides is 1. The molecule has 3 nitrogen and oxygen atoms in total. The summed E-state index contributed by atoms with van der Waals surface area (Å²) < 4.78 is 12.9. The minimum atomic E-state index is -0.233. The van der Waals surface area contributed by atoms with Crippen LogP contribution in [-0.2, 0) is 11.2 Å². The summed E-state index contributed by atoms with van der Waals surface area (Å²) in [5, 5.41) is 3.01. The predicted octanol–water partition coefficient (Wildman–Crippen LogP) is 2.25. The van der Waals surface area contributed by atoms with Gasteiger partial charge in [-0.25, -0.2) is 4.39 Å². The molecule has 2 N–H and O–H groups in total. The third-order valence-electron chi connectivity index (χ3n) is 5.10. The Morgan fingerprint density at radius 1 is 1.15 bits per heavy atom. The number of rotatable bonds is 6. The van der Waals surface area contributed by atoms with Gasteiger partial charge in [-0.3, -0.25) is 4.79 Å². The Balaban J connectivity index is 1.47. The van der Waals surface area contributed by atoms with E-state index < -0.39 is 0 Å². The van der Waals surface area contributed by atoms with Gasteiger partial charge in [0, 0.05) is 13.0 Å². The average Bonchev–Trinajstić information content (AvgIpc) is 2.69. The molecule has 1 aliphatic rings. The lowest BCUT2D eigenvalue weighted by molar-refractivity contribution is -0.909. The zero-order valence-electron chi connectivity index (χ0n) is 15.2. The zero-order chi connectivity index (χ0) is 18.4. The van der Waals surface area contributed by atoms with Crippen molar-refractivity contribution in [3.63, 3.8) is 0 Å². The van der Waals surface area contributed by atoms with Crippen LogP contribution >= 0.6 is 0 Å². The lowest BCUT2D eigenvalue weighted by Crippen LogP contribution is -3.17. The summed E-state index contributed by atoms with van der Waals surface area (Å²) >= 11 is 0. The van der Waals surface area contributed by atoms with Crippen LogP contribution in [-0.4, -0.2) is 31.6 Å². The van der Waals surface area contributed by atoms with Gasteiger partial charge in [0.25, 0.3) is 5.91 Å². The van der Waals surface area contributed by atoms with Gasteiger partial charge in [-0.05, 0) is 48.3 Å². The second-order valence-electron chi connectivity index (χ2n) is 6.85. The quantitative estimate of drug-likeness (QED) is 0.821. The van der Waals surface area contributed by atoms with E-state index in [1.807, 2.05) is 13.0 Å². The molecule has 26 heavy (non-hydrogen) atoms. The van der Waals surface area contributed by atoms with Crippen LogP contribution in [0.15, 0.2) is 60.7 Å². The summed E-state index contributed by atoms with van der Waals surface area (Å²) in [6.45, 7) is 4.40. The predicted molar refractivity (Wildman–Crippen MR) is 102 cm³/mol. The molecule has 1 aliphatic heterocycles. The molecule has 0 bridgehead atoms. The van der Waals surface area contributed by atoms with Crippen LogP contribution in [0.25, 0.3) is 5.57 Å². The molecule has 0 radical (unpaired) electrons. The zero-order valence-corrected chi connectivity index (χ0v) is 15.2. The number of hydrogen-bond donors (Lipinski definition) is 2. The number of hydrogen-bond acceptors (Lipinski definition) is 1. The standard InChI is InChI=1S/C22H25FN2O/c1-17(22(26)24-14-11-18-7-9-21(23)10-8-18)25-15-12-20(13-16-25)19-5-3-2-4-6-19/h2-10,12,17H,11,13-16H2,1H3,(H,24,26)/p+1/t17-/m0/s1. The minimum Gasteiger partial charge on any atom is -0.351 e. The van der Waals surface area contributed by atoms with E-state index >= 15 is 0 Å². The number of nitrogens with one attached hydrogen (secondary N) is 2. The lowest BCUT2D eigenvalue weighted by atomic mass is 9.99. The highest BCUT2D eigenvalue weighted by Crippen LogP contribution is 2.17. The van der Waals surface area contributed by atoms with Crippen molar-refractivity contribution < 1.29 is 14.1 Å². The monoisotopic (exact) mass is 353 g/mol. The van der Waals surface area contributed by atoms with Gasteiger partial charge in [-0.15, -0.1) is 0 Å². The van der Waals surface area contributed by atoms with Crippen molar-refractivity contribution in [1.29, 1.82) is 0 Å². The van der Waals surface area contributed by atoms with Gasteiger partial charge in [0.05, 0.1) is 13.1 Å². The molecular formula is C22H26FN2O+. The molecule has 1 heterocycles. The van der Waals surface area contributed by atoms with E-state index in [0.717, 1.165) is 25.1 Å². The van der Waals surface area contributed by atoms with Gasteiger partial charge < -0.3 is 10.2 Å². The molecule has 1 unspecified atom stereocenters. The van der Waals surface area contributed by atoms with E-state index in [4.69, 9.17) is 0 Å². The van der Waals surface area contributed by atoms with Gasteiger partial charge in [-0.1, -0.05) is 42.5 Å². The topological polar surface area (TPSA) is 33.5 Å². The summed E-state index contributed by atoms with van der Waals surface area (Å²) in [5.41, 5.74) is 3.68. The molecule has 0 spiro atoms. The molecule has 2 aromatic rings. The molecule has 3 rings (SSSR count).